The molecule has 0 radical (unpaired) electrons. The highest BCUT2D eigenvalue weighted by molar-refractivity contribution is 5.82. The van der Waals surface area contributed by atoms with Gasteiger partial charge in [0.25, 0.3) is 0 Å². The lowest BCUT2D eigenvalue weighted by molar-refractivity contribution is -0.124. The van der Waals surface area contributed by atoms with Crippen LogP contribution in [0.25, 0.3) is 0 Å². The first-order valence-electron chi connectivity index (χ1n) is 6.32. The van der Waals surface area contributed by atoms with Crippen molar-refractivity contribution in [1.82, 2.24) is 10.6 Å². The van der Waals surface area contributed by atoms with E-state index in [-0.39, 0.29) is 11.9 Å². The number of rotatable bonds is 2. The summed E-state index contributed by atoms with van der Waals surface area (Å²) in [5, 5.41) is 6.55. The van der Waals surface area contributed by atoms with E-state index in [4.69, 9.17) is 0 Å². The summed E-state index contributed by atoms with van der Waals surface area (Å²) in [4.78, 5) is 11.9. The largest absolute Gasteiger partial charge is 0.352 e. The van der Waals surface area contributed by atoms with E-state index in [0.29, 0.717) is 12.1 Å². The first-order valence-corrected chi connectivity index (χ1v) is 6.32. The predicted molar refractivity (Wildman–Crippen MR) is 60.6 cm³/mol. The van der Waals surface area contributed by atoms with E-state index in [1.54, 1.807) is 0 Å². The van der Waals surface area contributed by atoms with Gasteiger partial charge in [0.05, 0.1) is 6.04 Å². The Morgan fingerprint density at radius 1 is 1.13 bits per heavy atom. The Hall–Kier alpha value is -0.570. The molecule has 2 N–H and O–H groups in total. The zero-order valence-electron chi connectivity index (χ0n) is 9.59. The van der Waals surface area contributed by atoms with Gasteiger partial charge in [-0.25, -0.2) is 0 Å². The van der Waals surface area contributed by atoms with Crippen LogP contribution in [0.3, 0.4) is 0 Å². The maximum absolute atomic E-state index is 11.9. The van der Waals surface area contributed by atoms with Gasteiger partial charge in [0.1, 0.15) is 0 Å². The molecule has 2 unspecified atom stereocenters. The Morgan fingerprint density at radius 2 is 1.87 bits per heavy atom. The highest BCUT2D eigenvalue weighted by Crippen LogP contribution is 2.18. The molecule has 0 aromatic carbocycles. The van der Waals surface area contributed by atoms with E-state index in [2.05, 4.69) is 17.6 Å². The number of piperidine rings is 1. The number of amides is 1. The van der Waals surface area contributed by atoms with Crippen molar-refractivity contribution in [1.29, 1.82) is 0 Å². The molecule has 2 aliphatic rings. The molecule has 1 saturated carbocycles. The summed E-state index contributed by atoms with van der Waals surface area (Å²) in [6, 6.07) is 1.02. The normalized spacial score (nSPS) is 32.9. The lowest BCUT2D eigenvalue weighted by atomic mass is 9.99. The zero-order valence-corrected chi connectivity index (χ0v) is 9.59. The molecule has 2 fully saturated rings. The van der Waals surface area contributed by atoms with Gasteiger partial charge < -0.3 is 10.6 Å². The summed E-state index contributed by atoms with van der Waals surface area (Å²) in [5.74, 6) is 0.230. The van der Waals surface area contributed by atoms with Crippen LogP contribution in [0.5, 0.6) is 0 Å². The molecule has 0 aromatic rings. The third-order valence-corrected chi connectivity index (χ3v) is 3.63. The fourth-order valence-corrected chi connectivity index (χ4v) is 2.72. The van der Waals surface area contributed by atoms with Gasteiger partial charge in [0, 0.05) is 12.1 Å². The van der Waals surface area contributed by atoms with Crippen molar-refractivity contribution < 1.29 is 4.79 Å². The van der Waals surface area contributed by atoms with Crippen LogP contribution in [-0.4, -0.2) is 24.0 Å². The molecule has 1 aliphatic heterocycles. The summed E-state index contributed by atoms with van der Waals surface area (Å²) in [7, 11) is 0. The van der Waals surface area contributed by atoms with E-state index in [9.17, 15) is 4.79 Å². The SMILES string of the molecule is CC1CCCC(C(=O)NC2CCCC2)N1. The molecule has 1 amide bonds. The number of carbonyl (C=O) groups excluding carboxylic acids is 1. The molecule has 2 atom stereocenters. The van der Waals surface area contributed by atoms with Crippen LogP contribution < -0.4 is 10.6 Å². The van der Waals surface area contributed by atoms with Crippen LogP contribution in [0.4, 0.5) is 0 Å². The third-order valence-electron chi connectivity index (χ3n) is 3.63. The molecule has 3 heteroatoms. The molecule has 0 aromatic heterocycles. The van der Waals surface area contributed by atoms with Crippen molar-refractivity contribution >= 4 is 5.91 Å². The topological polar surface area (TPSA) is 41.1 Å². The van der Waals surface area contributed by atoms with Crippen molar-refractivity contribution in [3.63, 3.8) is 0 Å². The summed E-state index contributed by atoms with van der Waals surface area (Å²) >= 11 is 0. The minimum Gasteiger partial charge on any atom is -0.352 e. The van der Waals surface area contributed by atoms with Gasteiger partial charge in [0.2, 0.25) is 5.91 Å². The van der Waals surface area contributed by atoms with Gasteiger partial charge >= 0.3 is 0 Å². The first-order chi connectivity index (χ1) is 7.25. The van der Waals surface area contributed by atoms with Crippen LogP contribution in [0.15, 0.2) is 0 Å². The van der Waals surface area contributed by atoms with E-state index < -0.39 is 0 Å². The second-order valence-corrected chi connectivity index (χ2v) is 5.04. The fraction of sp³-hybridized carbons (Fsp3) is 0.917. The van der Waals surface area contributed by atoms with Crippen molar-refractivity contribution in [2.24, 2.45) is 0 Å². The maximum atomic E-state index is 11.9. The molecular weight excluding hydrogens is 188 g/mol. The van der Waals surface area contributed by atoms with Crippen molar-refractivity contribution in [3.8, 4) is 0 Å². The summed E-state index contributed by atoms with van der Waals surface area (Å²) in [5.41, 5.74) is 0. The number of hydrogen-bond donors (Lipinski definition) is 2. The Morgan fingerprint density at radius 3 is 2.53 bits per heavy atom. The molecule has 1 saturated heterocycles. The zero-order chi connectivity index (χ0) is 10.7. The highest BCUT2D eigenvalue weighted by atomic mass is 16.2. The molecule has 86 valence electrons. The van der Waals surface area contributed by atoms with E-state index >= 15 is 0 Å². The lowest BCUT2D eigenvalue weighted by Gasteiger charge is -2.28. The molecule has 1 aliphatic carbocycles. The second-order valence-electron chi connectivity index (χ2n) is 5.04. The van der Waals surface area contributed by atoms with Gasteiger partial charge in [-0.05, 0) is 39.0 Å². The number of carbonyl (C=O) groups is 1. The molecule has 2 rings (SSSR count). The monoisotopic (exact) mass is 210 g/mol. The smallest absolute Gasteiger partial charge is 0.237 e. The van der Waals surface area contributed by atoms with Crippen molar-refractivity contribution in [2.45, 2.75) is 70.0 Å². The van der Waals surface area contributed by atoms with Crippen LogP contribution in [0.1, 0.15) is 51.9 Å². The first kappa shape index (κ1) is 10.9. The van der Waals surface area contributed by atoms with E-state index in [1.165, 1.54) is 38.5 Å². The fourth-order valence-electron chi connectivity index (χ4n) is 2.72. The summed E-state index contributed by atoms with van der Waals surface area (Å²) in [6.45, 7) is 2.16. The van der Waals surface area contributed by atoms with Gasteiger partial charge in [-0.1, -0.05) is 12.8 Å². The Kier molecular flexibility index (Phi) is 3.62. The quantitative estimate of drug-likeness (QED) is 0.726. The van der Waals surface area contributed by atoms with Crippen LogP contribution in [0.2, 0.25) is 0 Å². The van der Waals surface area contributed by atoms with Crippen molar-refractivity contribution in [2.75, 3.05) is 0 Å². The number of hydrogen-bond acceptors (Lipinski definition) is 2. The molecular formula is C12H22N2O. The van der Waals surface area contributed by atoms with Gasteiger partial charge in [-0.3, -0.25) is 4.79 Å². The van der Waals surface area contributed by atoms with Crippen molar-refractivity contribution in [3.05, 3.63) is 0 Å². The standard InChI is InChI=1S/C12H22N2O/c1-9-5-4-8-11(13-9)12(15)14-10-6-2-3-7-10/h9-11,13H,2-8H2,1H3,(H,14,15). The Bertz CT molecular complexity index is 224. The average Bonchev–Trinajstić information content (AvgIpc) is 2.70. The maximum Gasteiger partial charge on any atom is 0.237 e. The summed E-state index contributed by atoms with van der Waals surface area (Å²) in [6.07, 6.45) is 8.29. The van der Waals surface area contributed by atoms with Gasteiger partial charge in [0.15, 0.2) is 0 Å². The highest BCUT2D eigenvalue weighted by Gasteiger charge is 2.26. The van der Waals surface area contributed by atoms with E-state index in [1.807, 2.05) is 0 Å². The Labute approximate surface area is 92.0 Å². The predicted octanol–water partition coefficient (Wildman–Crippen LogP) is 1.58. The minimum absolute atomic E-state index is 0.0642. The van der Waals surface area contributed by atoms with Crippen LogP contribution in [-0.2, 0) is 4.79 Å². The van der Waals surface area contributed by atoms with Crippen LogP contribution in [0, 0.1) is 0 Å². The van der Waals surface area contributed by atoms with Gasteiger partial charge in [-0.2, -0.15) is 0 Å². The average molecular weight is 210 g/mol. The second kappa shape index (κ2) is 4.97. The minimum atomic E-state index is 0.0642. The summed E-state index contributed by atoms with van der Waals surface area (Å²) < 4.78 is 0. The molecule has 1 heterocycles. The number of nitrogens with one attached hydrogen (secondary N) is 2. The lowest BCUT2D eigenvalue weighted by Crippen LogP contribution is -2.51. The van der Waals surface area contributed by atoms with Gasteiger partial charge in [-0.15, -0.1) is 0 Å². The van der Waals surface area contributed by atoms with Crippen LogP contribution >= 0.6 is 0 Å². The molecule has 3 nitrogen and oxygen atoms in total. The molecule has 0 bridgehead atoms. The Balaban J connectivity index is 1.78. The van der Waals surface area contributed by atoms with E-state index in [0.717, 1.165) is 6.42 Å². The molecule has 15 heavy (non-hydrogen) atoms. The third kappa shape index (κ3) is 2.94. The molecule has 0 spiro atoms.